The van der Waals surface area contributed by atoms with E-state index in [-0.39, 0.29) is 18.5 Å². The van der Waals surface area contributed by atoms with Gasteiger partial charge in [0.25, 0.3) is 11.8 Å². The number of hydrogen-bond donors (Lipinski definition) is 2. The molecule has 35 heavy (non-hydrogen) atoms. The van der Waals surface area contributed by atoms with Gasteiger partial charge in [0.2, 0.25) is 5.91 Å². The molecule has 0 spiro atoms. The largest absolute Gasteiger partial charge is 0.493 e. The van der Waals surface area contributed by atoms with Crippen LogP contribution in [0.5, 0.6) is 17.2 Å². The van der Waals surface area contributed by atoms with Gasteiger partial charge in [0.15, 0.2) is 18.1 Å². The van der Waals surface area contributed by atoms with E-state index in [9.17, 15) is 19.2 Å². The lowest BCUT2D eigenvalue weighted by Gasteiger charge is -2.18. The molecule has 0 radical (unpaired) electrons. The van der Waals surface area contributed by atoms with Crippen LogP contribution >= 0.6 is 0 Å². The number of benzene rings is 2. The quantitative estimate of drug-likeness (QED) is 0.487. The molecule has 1 saturated heterocycles. The third kappa shape index (κ3) is 6.40. The highest BCUT2D eigenvalue weighted by Gasteiger charge is 2.36. The summed E-state index contributed by atoms with van der Waals surface area (Å²) < 4.78 is 20.9. The van der Waals surface area contributed by atoms with Crippen molar-refractivity contribution in [2.75, 3.05) is 39.3 Å². The molecule has 2 aromatic carbocycles. The van der Waals surface area contributed by atoms with Gasteiger partial charge in [0.05, 0.1) is 39.0 Å². The molecule has 1 aliphatic rings. The average molecular weight is 485 g/mol. The Balaban J connectivity index is 1.51. The second-order valence-corrected chi connectivity index (χ2v) is 7.50. The molecule has 0 unspecified atom stereocenters. The summed E-state index contributed by atoms with van der Waals surface area (Å²) >= 11 is 0. The molecular formula is C24H27N3O8. The summed E-state index contributed by atoms with van der Waals surface area (Å²) in [5, 5.41) is 3.68. The number of methoxy groups -OCH3 is 2. The molecule has 11 nitrogen and oxygen atoms in total. The van der Waals surface area contributed by atoms with E-state index in [2.05, 4.69) is 10.7 Å². The molecular weight excluding hydrogens is 458 g/mol. The molecule has 11 heteroatoms. The fourth-order valence-corrected chi connectivity index (χ4v) is 3.43. The van der Waals surface area contributed by atoms with E-state index in [0.717, 1.165) is 5.01 Å². The fraction of sp³-hybridized carbons (Fsp3) is 0.333. The van der Waals surface area contributed by atoms with Gasteiger partial charge in [-0.15, -0.1) is 0 Å². The third-order valence-corrected chi connectivity index (χ3v) is 5.15. The van der Waals surface area contributed by atoms with Crippen molar-refractivity contribution in [2.24, 2.45) is 5.92 Å². The predicted molar refractivity (Wildman–Crippen MR) is 124 cm³/mol. The first-order chi connectivity index (χ1) is 16.9. The van der Waals surface area contributed by atoms with Crippen molar-refractivity contribution in [1.82, 2.24) is 10.4 Å². The molecule has 0 saturated carbocycles. The van der Waals surface area contributed by atoms with Crippen LogP contribution in [-0.2, 0) is 19.1 Å². The lowest BCUT2D eigenvalue weighted by Crippen LogP contribution is -2.43. The summed E-state index contributed by atoms with van der Waals surface area (Å²) in [6.07, 6.45) is -0.153. The van der Waals surface area contributed by atoms with Crippen molar-refractivity contribution in [3.63, 3.8) is 0 Å². The van der Waals surface area contributed by atoms with Crippen LogP contribution in [0.25, 0.3) is 0 Å². The second kappa shape index (κ2) is 11.7. The van der Waals surface area contributed by atoms with E-state index >= 15 is 0 Å². The number of carbonyl (C=O) groups excluding carboxylic acids is 4. The highest BCUT2D eigenvalue weighted by molar-refractivity contribution is 5.97. The number of anilines is 1. The maximum atomic E-state index is 12.6. The summed E-state index contributed by atoms with van der Waals surface area (Å²) in [4.78, 5) is 49.5. The maximum Gasteiger partial charge on any atom is 0.311 e. The molecule has 1 fully saturated rings. The molecule has 1 aliphatic heterocycles. The number of nitrogens with zero attached hydrogens (tertiary/aromatic N) is 1. The Bertz CT molecular complexity index is 1100. The van der Waals surface area contributed by atoms with Gasteiger partial charge < -0.3 is 24.3 Å². The first-order valence-electron chi connectivity index (χ1n) is 10.9. The van der Waals surface area contributed by atoms with E-state index < -0.39 is 36.2 Å². The van der Waals surface area contributed by atoms with Crippen LogP contribution in [0.1, 0.15) is 23.7 Å². The highest BCUT2D eigenvalue weighted by Crippen LogP contribution is 2.28. The SMILES string of the molecule is CCOc1ccccc1NC(=O)COC(=O)[C@@H]1CC(=O)N(NC(=O)c2ccc(OC)c(OC)c2)C1. The zero-order valence-electron chi connectivity index (χ0n) is 19.7. The molecule has 0 bridgehead atoms. The Hall–Kier alpha value is -4.28. The molecule has 1 heterocycles. The lowest BCUT2D eigenvalue weighted by molar-refractivity contribution is -0.151. The zero-order valence-corrected chi connectivity index (χ0v) is 19.7. The number of nitrogens with one attached hydrogen (secondary N) is 2. The number of hydrazine groups is 1. The topological polar surface area (TPSA) is 132 Å². The summed E-state index contributed by atoms with van der Waals surface area (Å²) in [5.41, 5.74) is 3.18. The van der Waals surface area contributed by atoms with Gasteiger partial charge in [-0.2, -0.15) is 0 Å². The van der Waals surface area contributed by atoms with Crippen molar-refractivity contribution in [1.29, 1.82) is 0 Å². The van der Waals surface area contributed by atoms with Crippen molar-refractivity contribution >= 4 is 29.4 Å². The lowest BCUT2D eigenvalue weighted by atomic mass is 10.1. The first-order valence-corrected chi connectivity index (χ1v) is 10.9. The number of rotatable bonds is 10. The highest BCUT2D eigenvalue weighted by atomic mass is 16.5. The van der Waals surface area contributed by atoms with Crippen molar-refractivity contribution in [3.05, 3.63) is 48.0 Å². The number of esters is 1. The number of para-hydroxylation sites is 2. The van der Waals surface area contributed by atoms with Gasteiger partial charge in [0, 0.05) is 12.0 Å². The molecule has 2 aromatic rings. The Morgan fingerprint density at radius 2 is 1.77 bits per heavy atom. The normalized spacial score (nSPS) is 14.8. The predicted octanol–water partition coefficient (Wildman–Crippen LogP) is 1.78. The van der Waals surface area contributed by atoms with Crippen LogP contribution < -0.4 is 25.0 Å². The van der Waals surface area contributed by atoms with Gasteiger partial charge in [0.1, 0.15) is 5.75 Å². The minimum Gasteiger partial charge on any atom is -0.493 e. The van der Waals surface area contributed by atoms with Crippen LogP contribution in [0.2, 0.25) is 0 Å². The summed E-state index contributed by atoms with van der Waals surface area (Å²) in [6, 6.07) is 11.4. The minimum absolute atomic E-state index is 0.0779. The molecule has 0 aromatic heterocycles. The van der Waals surface area contributed by atoms with Gasteiger partial charge in [-0.3, -0.25) is 29.6 Å². The van der Waals surface area contributed by atoms with Crippen molar-refractivity contribution < 1.29 is 38.1 Å². The van der Waals surface area contributed by atoms with Crippen LogP contribution in [0, 0.1) is 5.92 Å². The number of amides is 3. The van der Waals surface area contributed by atoms with Crippen LogP contribution in [0.4, 0.5) is 5.69 Å². The summed E-state index contributed by atoms with van der Waals surface area (Å²) in [7, 11) is 2.92. The van der Waals surface area contributed by atoms with Crippen molar-refractivity contribution in [2.45, 2.75) is 13.3 Å². The zero-order chi connectivity index (χ0) is 25.4. The summed E-state index contributed by atoms with van der Waals surface area (Å²) in [5.74, 6) is -1.78. The Morgan fingerprint density at radius 1 is 1.03 bits per heavy atom. The van der Waals surface area contributed by atoms with E-state index in [1.807, 2.05) is 6.92 Å². The smallest absolute Gasteiger partial charge is 0.311 e. The van der Waals surface area contributed by atoms with Gasteiger partial charge >= 0.3 is 5.97 Å². The minimum atomic E-state index is -0.822. The third-order valence-electron chi connectivity index (χ3n) is 5.15. The van der Waals surface area contributed by atoms with Crippen LogP contribution in [-0.4, -0.2) is 62.7 Å². The molecule has 1 atom stereocenters. The van der Waals surface area contributed by atoms with Gasteiger partial charge in [-0.05, 0) is 37.3 Å². The molecule has 3 amide bonds. The number of hydrogen-bond acceptors (Lipinski definition) is 8. The van der Waals surface area contributed by atoms with E-state index in [0.29, 0.717) is 29.5 Å². The van der Waals surface area contributed by atoms with E-state index in [4.69, 9.17) is 18.9 Å². The van der Waals surface area contributed by atoms with Gasteiger partial charge in [-0.1, -0.05) is 12.1 Å². The van der Waals surface area contributed by atoms with E-state index in [1.165, 1.54) is 26.4 Å². The molecule has 0 aliphatic carbocycles. The number of carbonyl (C=O) groups is 4. The van der Waals surface area contributed by atoms with Crippen molar-refractivity contribution in [3.8, 4) is 17.2 Å². The average Bonchev–Trinajstić information content (AvgIpc) is 3.23. The summed E-state index contributed by atoms with van der Waals surface area (Å²) in [6.45, 7) is 1.65. The van der Waals surface area contributed by atoms with Crippen LogP contribution in [0.3, 0.4) is 0 Å². The standard InChI is InChI=1S/C24H27N3O8/c1-4-34-18-8-6-5-7-17(18)25-21(28)14-35-24(31)16-12-22(29)27(13-16)26-23(30)15-9-10-19(32-2)20(11-15)33-3/h5-11,16H,4,12-14H2,1-3H3,(H,25,28)(H,26,30)/t16-/m1/s1. The fourth-order valence-electron chi connectivity index (χ4n) is 3.43. The molecule has 186 valence electrons. The van der Waals surface area contributed by atoms with Gasteiger partial charge in [-0.25, -0.2) is 0 Å². The Morgan fingerprint density at radius 3 is 2.49 bits per heavy atom. The monoisotopic (exact) mass is 485 g/mol. The maximum absolute atomic E-state index is 12.6. The van der Waals surface area contributed by atoms with Crippen LogP contribution in [0.15, 0.2) is 42.5 Å². The molecule has 2 N–H and O–H groups in total. The Kier molecular flexibility index (Phi) is 8.49. The van der Waals surface area contributed by atoms with E-state index in [1.54, 1.807) is 30.3 Å². The first kappa shape index (κ1) is 25.3. The number of ether oxygens (including phenoxy) is 4. The Labute approximate surface area is 202 Å². The molecule has 3 rings (SSSR count). The second-order valence-electron chi connectivity index (χ2n) is 7.50.